The third-order valence-electron chi connectivity index (χ3n) is 23.2. The molecule has 0 saturated carbocycles. The zero-order chi connectivity index (χ0) is 81.8. The summed E-state index contributed by atoms with van der Waals surface area (Å²) in [6.45, 7) is 0. The van der Waals surface area contributed by atoms with Gasteiger partial charge in [-0.05, 0) is 251 Å². The Morgan fingerprint density at radius 3 is 0.459 bits per heavy atom. The largest absolute Gasteiger partial charge is 0.584 e. The van der Waals surface area contributed by atoms with E-state index in [4.69, 9.17) is 18.1 Å². The zero-order valence-electron chi connectivity index (χ0n) is 65.8. The molecule has 2 aliphatic heterocycles. The van der Waals surface area contributed by atoms with Crippen LogP contribution < -0.4 is 18.1 Å². The second kappa shape index (κ2) is 31.4. The molecule has 2 N–H and O–H groups in total. The van der Waals surface area contributed by atoms with Crippen molar-refractivity contribution in [2.24, 2.45) is 0 Å². The van der Waals surface area contributed by atoms with Gasteiger partial charge in [0.15, 0.2) is 0 Å². The first-order valence-electron chi connectivity index (χ1n) is 40.6. The van der Waals surface area contributed by atoms with E-state index in [0.717, 1.165) is 154 Å². The van der Waals surface area contributed by atoms with Gasteiger partial charge in [-0.3, -0.25) is 9.79 Å². The first-order valence-corrected chi connectivity index (χ1v) is 43.6. The molecule has 22 rings (SSSR count). The molecule has 0 spiro atoms. The van der Waals surface area contributed by atoms with Crippen molar-refractivity contribution < 1.29 is 37.0 Å². The van der Waals surface area contributed by atoms with Gasteiger partial charge in [-0.15, -0.1) is 0 Å². The van der Waals surface area contributed by atoms with Crippen molar-refractivity contribution in [3.63, 3.8) is 0 Å². The van der Waals surface area contributed by atoms with Crippen LogP contribution in [0.5, 0.6) is 23.0 Å². The molecule has 0 aliphatic carbocycles. The maximum atomic E-state index is 14.7. The molecule has 580 valence electrons. The number of fused-ring (bicyclic) bond motifs is 14. The Bertz CT molecular complexity index is 6440. The van der Waals surface area contributed by atoms with Crippen LogP contribution in [-0.4, -0.2) is 9.79 Å². The minimum Gasteiger partial charge on any atom is -0.394 e. The molecule has 2 heterocycles. The highest BCUT2D eigenvalue weighted by atomic mass is 31.2. The maximum Gasteiger partial charge on any atom is 0.584 e. The molecular formula is C112H74O8P2. The quantitative estimate of drug-likeness (QED) is 0.116. The Kier molecular flexibility index (Phi) is 19.2. The lowest BCUT2D eigenvalue weighted by molar-refractivity contribution is 0.293. The summed E-state index contributed by atoms with van der Waals surface area (Å²) in [5, 5.41) is 7.33. The number of rotatable bonds is 12. The van der Waals surface area contributed by atoms with Crippen LogP contribution >= 0.6 is 15.6 Å². The standard InChI is InChI=1S/2C56H37O4P/c2*57-61(58)59-55-51(47-31-43(37-17-5-1-6-18-37)29-44(32-47)38-19-7-2-8-20-38)35-41-25-13-15-27-49(41)53(55)54-50-28-16-14-26-42(50)36-52(56(54)60-61)48-33-45(39-21-9-3-10-22-39)30-46(34-48)40-23-11-4-12-24-40/h2*1-36H,(H,57,58). The lowest BCUT2D eigenvalue weighted by Crippen LogP contribution is -2.00. The van der Waals surface area contributed by atoms with Crippen molar-refractivity contribution >= 4 is 58.7 Å². The van der Waals surface area contributed by atoms with Crippen LogP contribution in [-0.2, 0) is 9.13 Å². The summed E-state index contributed by atoms with van der Waals surface area (Å²) < 4.78 is 55.1. The average molecular weight is 1610 g/mol. The maximum absolute atomic E-state index is 14.7. The average Bonchev–Trinajstić information content (AvgIpc) is 1.24. The van der Waals surface area contributed by atoms with Gasteiger partial charge in [0.25, 0.3) is 0 Å². The molecule has 10 heteroatoms. The molecule has 2 aliphatic rings. The molecule has 0 fully saturated rings. The van der Waals surface area contributed by atoms with E-state index in [-0.39, 0.29) is 23.0 Å². The smallest absolute Gasteiger partial charge is 0.394 e. The van der Waals surface area contributed by atoms with Crippen LogP contribution in [0.1, 0.15) is 0 Å². The van der Waals surface area contributed by atoms with Gasteiger partial charge in [0.2, 0.25) is 0 Å². The summed E-state index contributed by atoms with van der Waals surface area (Å²) in [6, 6.07) is 149. The summed E-state index contributed by atoms with van der Waals surface area (Å²) in [7, 11) is -9.65. The van der Waals surface area contributed by atoms with Gasteiger partial charge in [0.1, 0.15) is 23.0 Å². The zero-order valence-corrected chi connectivity index (χ0v) is 67.6. The molecule has 8 nitrogen and oxygen atoms in total. The Morgan fingerprint density at radius 1 is 0.156 bits per heavy atom. The Labute approximate surface area is 706 Å². The second-order valence-electron chi connectivity index (χ2n) is 30.8. The molecule has 0 saturated heterocycles. The monoisotopic (exact) mass is 1610 g/mol. The highest BCUT2D eigenvalue weighted by molar-refractivity contribution is 7.48. The van der Waals surface area contributed by atoms with Crippen molar-refractivity contribution in [3.05, 3.63) is 437 Å². The Morgan fingerprint density at radius 2 is 0.295 bits per heavy atom. The lowest BCUT2D eigenvalue weighted by Gasteiger charge is -2.20. The van der Waals surface area contributed by atoms with E-state index >= 15 is 0 Å². The Balaban J connectivity index is 0.000000150. The third kappa shape index (κ3) is 14.4. The number of phosphoric acid groups is 2. The lowest BCUT2D eigenvalue weighted by atomic mass is 9.85. The van der Waals surface area contributed by atoms with Crippen LogP contribution in [0.25, 0.3) is 199 Å². The molecule has 122 heavy (non-hydrogen) atoms. The Hall–Kier alpha value is -15.0. The number of phosphoric ester groups is 2. The van der Waals surface area contributed by atoms with Crippen molar-refractivity contribution in [1.29, 1.82) is 0 Å². The predicted molar refractivity (Wildman–Crippen MR) is 501 cm³/mol. The first kappa shape index (κ1) is 74.6. The highest BCUT2D eigenvalue weighted by Gasteiger charge is 2.40. The second-order valence-corrected chi connectivity index (χ2v) is 33.4. The summed E-state index contributed by atoms with van der Waals surface area (Å²) in [5.41, 5.74) is 25.4. The van der Waals surface area contributed by atoms with E-state index in [9.17, 15) is 18.9 Å². The van der Waals surface area contributed by atoms with Gasteiger partial charge >= 0.3 is 15.6 Å². The summed E-state index contributed by atoms with van der Waals surface area (Å²) in [5.74, 6) is 1.16. The van der Waals surface area contributed by atoms with Gasteiger partial charge < -0.3 is 18.1 Å². The van der Waals surface area contributed by atoms with Crippen LogP contribution in [0.15, 0.2) is 437 Å². The highest BCUT2D eigenvalue weighted by Crippen LogP contribution is 2.65. The summed E-state index contributed by atoms with van der Waals surface area (Å²) in [6.07, 6.45) is 0. The van der Waals surface area contributed by atoms with E-state index in [2.05, 4.69) is 243 Å². The van der Waals surface area contributed by atoms with E-state index in [1.165, 1.54) is 0 Å². The van der Waals surface area contributed by atoms with Crippen molar-refractivity contribution in [1.82, 2.24) is 0 Å². The van der Waals surface area contributed by atoms with E-state index in [1.807, 2.05) is 194 Å². The molecule has 0 amide bonds. The first-order chi connectivity index (χ1) is 59.9. The number of hydrogen-bond donors (Lipinski definition) is 2. The van der Waals surface area contributed by atoms with Crippen molar-refractivity contribution in [2.75, 3.05) is 0 Å². The topological polar surface area (TPSA) is 112 Å². The van der Waals surface area contributed by atoms with E-state index in [1.54, 1.807) is 0 Å². The molecule has 0 bridgehead atoms. The van der Waals surface area contributed by atoms with E-state index in [0.29, 0.717) is 44.5 Å². The van der Waals surface area contributed by atoms with Gasteiger partial charge in [-0.1, -0.05) is 340 Å². The van der Waals surface area contributed by atoms with Crippen LogP contribution in [0, 0.1) is 0 Å². The SMILES string of the molecule is O=P1(O)Oc2c(-c3cc(-c4ccccc4)cc(-c4ccccc4)c3)cc3ccccc3c2-c2c(c(-c3cc(-c4ccccc4)cc(-c4ccccc4)c3)cc3ccccc23)O1.O=P1(O)Oc2c(-c3cc(-c4ccccc4)cc(-c4ccccc4)c3)cc3ccccc3c2-c2c(c(-c3cc(-c4ccccc4)cc(-c4ccccc4)c3)cc3ccccc23)O1. The molecule has 0 aromatic heterocycles. The summed E-state index contributed by atoms with van der Waals surface area (Å²) >= 11 is 0. The number of benzene rings is 20. The molecule has 0 atom stereocenters. The predicted octanol–water partition coefficient (Wildman–Crippen LogP) is 31.1. The molecule has 20 aromatic rings. The van der Waals surface area contributed by atoms with E-state index < -0.39 is 15.6 Å². The molecule has 20 aromatic carbocycles. The van der Waals surface area contributed by atoms with Gasteiger partial charge in [0, 0.05) is 44.5 Å². The van der Waals surface area contributed by atoms with Crippen LogP contribution in [0.4, 0.5) is 0 Å². The van der Waals surface area contributed by atoms with Gasteiger partial charge in [-0.25, -0.2) is 9.13 Å². The normalized spacial score (nSPS) is 12.8. The fraction of sp³-hybridized carbons (Fsp3) is 0. The van der Waals surface area contributed by atoms with Crippen molar-refractivity contribution in [3.8, 4) is 179 Å². The number of hydrogen-bond acceptors (Lipinski definition) is 6. The minimum absolute atomic E-state index is 0.290. The van der Waals surface area contributed by atoms with Crippen LogP contribution in [0.2, 0.25) is 0 Å². The molecule has 0 radical (unpaired) electrons. The minimum atomic E-state index is -4.83. The molecule has 0 unspecified atom stereocenters. The molecular weight excluding hydrogens is 1540 g/mol. The van der Waals surface area contributed by atoms with Gasteiger partial charge in [0.05, 0.1) is 0 Å². The summed E-state index contributed by atoms with van der Waals surface area (Å²) in [4.78, 5) is 24.0. The fourth-order valence-corrected chi connectivity index (χ4v) is 19.3. The fourth-order valence-electron chi connectivity index (χ4n) is 17.6. The van der Waals surface area contributed by atoms with Gasteiger partial charge in [-0.2, -0.15) is 0 Å². The van der Waals surface area contributed by atoms with Crippen LogP contribution in [0.3, 0.4) is 0 Å². The third-order valence-corrected chi connectivity index (χ3v) is 24.8. The van der Waals surface area contributed by atoms with Crippen molar-refractivity contribution in [2.45, 2.75) is 0 Å².